The average Bonchev–Trinajstić information content (AvgIpc) is 3.36. The molecule has 0 saturated carbocycles. The molecule has 2 aromatic rings. The molecule has 2 amide bonds. The normalized spacial score (nSPS) is 17.1. The summed E-state index contributed by atoms with van der Waals surface area (Å²) in [6, 6.07) is 7.62. The van der Waals surface area contributed by atoms with Gasteiger partial charge in [-0.2, -0.15) is 0 Å². The van der Waals surface area contributed by atoms with Crippen LogP contribution in [0.3, 0.4) is 0 Å². The fourth-order valence-electron chi connectivity index (χ4n) is 3.74. The Kier molecular flexibility index (Phi) is 5.62. The Labute approximate surface area is 173 Å². The molecule has 7 nitrogen and oxygen atoms in total. The molecule has 4 rings (SSSR count). The fraction of sp³-hybridized carbons (Fsp3) is 0.429. The first-order valence-corrected chi connectivity index (χ1v) is 10.8. The zero-order valence-electron chi connectivity index (χ0n) is 16.5. The summed E-state index contributed by atoms with van der Waals surface area (Å²) in [5.74, 6) is 0.247. The number of piperazine rings is 1. The molecule has 0 aliphatic carbocycles. The molecule has 152 valence electrons. The molecule has 0 unspecified atom stereocenters. The van der Waals surface area contributed by atoms with Gasteiger partial charge in [-0.1, -0.05) is 0 Å². The minimum Gasteiger partial charge on any atom is -0.368 e. The maximum absolute atomic E-state index is 12.7. The number of hydrogen-bond donors (Lipinski definition) is 0. The lowest BCUT2D eigenvalue weighted by Gasteiger charge is -2.36. The van der Waals surface area contributed by atoms with E-state index in [0.717, 1.165) is 37.4 Å². The van der Waals surface area contributed by atoms with E-state index in [9.17, 15) is 14.4 Å². The highest BCUT2D eigenvalue weighted by molar-refractivity contribution is 7.14. The number of carbonyl (C=O) groups is 3. The van der Waals surface area contributed by atoms with E-state index in [1.807, 2.05) is 34.5 Å². The van der Waals surface area contributed by atoms with E-state index in [1.54, 1.807) is 11.8 Å². The minimum atomic E-state index is 0.0614. The zero-order valence-corrected chi connectivity index (χ0v) is 17.3. The standard InChI is InChI=1S/C21H24N4O3S/c1-15(26)16-4-6-18(7-5-16)23-9-11-24(12-10-23)20(28)13-17-14-29-21(22-17)25-8-2-3-19(25)27/h4-7,14H,2-3,8-13H2,1H3. The summed E-state index contributed by atoms with van der Waals surface area (Å²) in [5, 5.41) is 2.58. The Morgan fingerprint density at radius 3 is 2.41 bits per heavy atom. The summed E-state index contributed by atoms with van der Waals surface area (Å²) < 4.78 is 0. The van der Waals surface area contributed by atoms with E-state index in [1.165, 1.54) is 11.3 Å². The Morgan fingerprint density at radius 1 is 1.07 bits per heavy atom. The van der Waals surface area contributed by atoms with Crippen LogP contribution in [0, 0.1) is 0 Å². The molecule has 2 aliphatic rings. The number of nitrogens with zero attached hydrogens (tertiary/aromatic N) is 4. The van der Waals surface area contributed by atoms with Gasteiger partial charge in [-0.25, -0.2) is 4.98 Å². The van der Waals surface area contributed by atoms with Crippen LogP contribution in [0.2, 0.25) is 0 Å². The maximum Gasteiger partial charge on any atom is 0.228 e. The molecule has 2 fully saturated rings. The summed E-state index contributed by atoms with van der Waals surface area (Å²) in [6.45, 7) is 5.12. The summed E-state index contributed by atoms with van der Waals surface area (Å²) in [4.78, 5) is 46.3. The Balaban J connectivity index is 1.30. The molecular formula is C21H24N4O3S. The van der Waals surface area contributed by atoms with E-state index in [0.29, 0.717) is 30.2 Å². The highest BCUT2D eigenvalue weighted by Gasteiger charge is 2.26. The van der Waals surface area contributed by atoms with E-state index < -0.39 is 0 Å². The number of amides is 2. The molecule has 8 heteroatoms. The van der Waals surface area contributed by atoms with Crippen LogP contribution in [-0.2, 0) is 16.0 Å². The van der Waals surface area contributed by atoms with Gasteiger partial charge >= 0.3 is 0 Å². The van der Waals surface area contributed by atoms with Gasteiger partial charge in [0.25, 0.3) is 0 Å². The first-order valence-electron chi connectivity index (χ1n) is 9.90. The molecule has 0 spiro atoms. The minimum absolute atomic E-state index is 0.0614. The largest absolute Gasteiger partial charge is 0.368 e. The van der Waals surface area contributed by atoms with Gasteiger partial charge < -0.3 is 9.80 Å². The first-order chi connectivity index (χ1) is 14.0. The predicted molar refractivity (Wildman–Crippen MR) is 113 cm³/mol. The van der Waals surface area contributed by atoms with Crippen LogP contribution in [0.4, 0.5) is 10.8 Å². The SMILES string of the molecule is CC(=O)c1ccc(N2CCN(C(=O)Cc3csc(N4CCCC4=O)n3)CC2)cc1. The third-order valence-electron chi connectivity index (χ3n) is 5.45. The molecule has 3 heterocycles. The average molecular weight is 413 g/mol. The predicted octanol–water partition coefficient (Wildman–Crippen LogP) is 2.36. The number of thiazole rings is 1. The first kappa shape index (κ1) is 19.6. The van der Waals surface area contributed by atoms with E-state index in [2.05, 4.69) is 9.88 Å². The van der Waals surface area contributed by atoms with Crippen LogP contribution in [0.1, 0.15) is 35.8 Å². The summed E-state index contributed by atoms with van der Waals surface area (Å²) in [6.07, 6.45) is 1.72. The number of anilines is 2. The van der Waals surface area contributed by atoms with E-state index >= 15 is 0 Å². The van der Waals surface area contributed by atoms with Crippen molar-refractivity contribution < 1.29 is 14.4 Å². The third kappa shape index (κ3) is 4.32. The van der Waals surface area contributed by atoms with E-state index in [4.69, 9.17) is 0 Å². The van der Waals surface area contributed by atoms with Crippen molar-refractivity contribution in [3.8, 4) is 0 Å². The van der Waals surface area contributed by atoms with Gasteiger partial charge in [-0.15, -0.1) is 11.3 Å². The quantitative estimate of drug-likeness (QED) is 0.705. The van der Waals surface area contributed by atoms with Gasteiger partial charge in [0.05, 0.1) is 12.1 Å². The van der Waals surface area contributed by atoms with Crippen molar-refractivity contribution in [2.75, 3.05) is 42.5 Å². The van der Waals surface area contributed by atoms with Crippen LogP contribution in [0.5, 0.6) is 0 Å². The summed E-state index contributed by atoms with van der Waals surface area (Å²) in [7, 11) is 0. The van der Waals surface area contributed by atoms with Crippen molar-refractivity contribution in [3.05, 3.63) is 40.9 Å². The molecule has 1 aromatic heterocycles. The van der Waals surface area contributed by atoms with Crippen molar-refractivity contribution in [3.63, 3.8) is 0 Å². The topological polar surface area (TPSA) is 73.8 Å². The number of Topliss-reactive ketones (excluding diaryl/α,β-unsaturated/α-hetero) is 1. The van der Waals surface area contributed by atoms with Crippen molar-refractivity contribution in [1.29, 1.82) is 0 Å². The number of rotatable bonds is 5. The number of ketones is 1. The lowest BCUT2D eigenvalue weighted by atomic mass is 10.1. The van der Waals surface area contributed by atoms with Gasteiger partial charge in [0.15, 0.2) is 10.9 Å². The molecule has 2 aliphatic heterocycles. The Hall–Kier alpha value is -2.74. The molecule has 0 atom stereocenters. The third-order valence-corrected chi connectivity index (χ3v) is 6.36. The zero-order chi connectivity index (χ0) is 20.4. The number of hydrogen-bond acceptors (Lipinski definition) is 6. The van der Waals surface area contributed by atoms with Crippen molar-refractivity contribution in [2.45, 2.75) is 26.2 Å². The van der Waals surface area contributed by atoms with Crippen LogP contribution in [0.15, 0.2) is 29.6 Å². The van der Waals surface area contributed by atoms with Gasteiger partial charge in [0, 0.05) is 55.8 Å². The van der Waals surface area contributed by atoms with Crippen LogP contribution >= 0.6 is 11.3 Å². The van der Waals surface area contributed by atoms with Gasteiger partial charge in [-0.05, 0) is 37.6 Å². The molecule has 0 N–H and O–H groups in total. The summed E-state index contributed by atoms with van der Waals surface area (Å²) in [5.41, 5.74) is 2.51. The second kappa shape index (κ2) is 8.32. The van der Waals surface area contributed by atoms with Gasteiger partial charge in [-0.3, -0.25) is 19.3 Å². The van der Waals surface area contributed by atoms with Gasteiger partial charge in [0.2, 0.25) is 11.8 Å². The Bertz CT molecular complexity index is 916. The van der Waals surface area contributed by atoms with Crippen LogP contribution < -0.4 is 9.80 Å². The monoisotopic (exact) mass is 412 g/mol. The fourth-order valence-corrected chi connectivity index (χ4v) is 4.61. The van der Waals surface area contributed by atoms with Crippen LogP contribution in [0.25, 0.3) is 0 Å². The van der Waals surface area contributed by atoms with Crippen molar-refractivity contribution >= 4 is 39.8 Å². The summed E-state index contributed by atoms with van der Waals surface area (Å²) >= 11 is 1.43. The van der Waals surface area contributed by atoms with Gasteiger partial charge in [0.1, 0.15) is 0 Å². The molecular weight excluding hydrogens is 388 g/mol. The number of aromatic nitrogens is 1. The maximum atomic E-state index is 12.7. The lowest BCUT2D eigenvalue weighted by molar-refractivity contribution is -0.130. The smallest absolute Gasteiger partial charge is 0.228 e. The van der Waals surface area contributed by atoms with Crippen LogP contribution in [-0.4, -0.2) is 60.2 Å². The molecule has 29 heavy (non-hydrogen) atoms. The number of benzene rings is 1. The molecule has 0 bridgehead atoms. The van der Waals surface area contributed by atoms with Crippen molar-refractivity contribution in [1.82, 2.24) is 9.88 Å². The number of carbonyl (C=O) groups excluding carboxylic acids is 3. The highest BCUT2D eigenvalue weighted by atomic mass is 32.1. The highest BCUT2D eigenvalue weighted by Crippen LogP contribution is 2.26. The second-order valence-electron chi connectivity index (χ2n) is 7.42. The van der Waals surface area contributed by atoms with Crippen molar-refractivity contribution in [2.24, 2.45) is 0 Å². The lowest BCUT2D eigenvalue weighted by Crippen LogP contribution is -2.49. The second-order valence-corrected chi connectivity index (χ2v) is 8.25. The Morgan fingerprint density at radius 2 is 1.79 bits per heavy atom. The molecule has 1 aromatic carbocycles. The van der Waals surface area contributed by atoms with E-state index in [-0.39, 0.29) is 24.0 Å². The molecule has 0 radical (unpaired) electrons. The molecule has 2 saturated heterocycles.